The first-order valence-corrected chi connectivity index (χ1v) is 11.6. The van der Waals surface area contributed by atoms with Crippen molar-refractivity contribution in [1.82, 2.24) is 14.5 Å². The first-order chi connectivity index (χ1) is 16.4. The summed E-state index contributed by atoms with van der Waals surface area (Å²) in [4.78, 5) is 19.3. The highest BCUT2D eigenvalue weighted by atomic mass is 16.5. The van der Waals surface area contributed by atoms with E-state index < -0.39 is 0 Å². The van der Waals surface area contributed by atoms with Crippen molar-refractivity contribution in [3.8, 4) is 17.2 Å². The molecule has 1 aliphatic heterocycles. The Bertz CT molecular complexity index is 1180. The molecular formula is C27H33N3O4. The molecule has 0 N–H and O–H groups in total. The van der Waals surface area contributed by atoms with Crippen molar-refractivity contribution in [2.75, 3.05) is 34.4 Å². The predicted octanol–water partition coefficient (Wildman–Crippen LogP) is 4.63. The minimum Gasteiger partial charge on any atom is -0.493 e. The number of rotatable bonds is 7. The van der Waals surface area contributed by atoms with E-state index in [1.165, 1.54) is 16.6 Å². The van der Waals surface area contributed by atoms with E-state index >= 15 is 0 Å². The van der Waals surface area contributed by atoms with Gasteiger partial charge in [-0.2, -0.15) is 0 Å². The van der Waals surface area contributed by atoms with Crippen LogP contribution in [-0.2, 0) is 11.3 Å². The molecule has 0 bridgehead atoms. The fourth-order valence-electron chi connectivity index (χ4n) is 4.54. The number of carbonyl (C=O) groups excluding carboxylic acids is 1. The summed E-state index contributed by atoms with van der Waals surface area (Å²) in [5, 5.41) is 0. The third-order valence-corrected chi connectivity index (χ3v) is 6.72. The average molecular weight is 464 g/mol. The zero-order chi connectivity index (χ0) is 24.2. The number of methoxy groups -OCH3 is 3. The number of fused-ring (bicyclic) bond motifs is 1. The summed E-state index contributed by atoms with van der Waals surface area (Å²) < 4.78 is 18.4. The largest absolute Gasteiger partial charge is 0.493 e. The molecule has 0 unspecified atom stereocenters. The van der Waals surface area contributed by atoms with Crippen LogP contribution in [0.4, 0.5) is 0 Å². The monoisotopic (exact) mass is 463 g/mol. The van der Waals surface area contributed by atoms with Crippen molar-refractivity contribution in [2.24, 2.45) is 5.92 Å². The summed E-state index contributed by atoms with van der Waals surface area (Å²) in [6.45, 7) is 6.71. The van der Waals surface area contributed by atoms with Gasteiger partial charge in [0.25, 0.3) is 0 Å². The van der Waals surface area contributed by atoms with Gasteiger partial charge in [-0.25, -0.2) is 4.98 Å². The SMILES string of the molecule is COc1cc(/C=C/C(=O)N2CCC(Cn3cnc4cc(C)c(C)cc43)CC2)cc(OC)c1OC. The van der Waals surface area contributed by atoms with Gasteiger partial charge >= 0.3 is 0 Å². The van der Waals surface area contributed by atoms with E-state index in [2.05, 4.69) is 35.5 Å². The molecule has 2 aromatic carbocycles. The average Bonchev–Trinajstić information content (AvgIpc) is 3.23. The van der Waals surface area contributed by atoms with Gasteiger partial charge in [-0.15, -0.1) is 0 Å². The Morgan fingerprint density at radius 1 is 1.00 bits per heavy atom. The quantitative estimate of drug-likeness (QED) is 0.478. The molecule has 1 amide bonds. The van der Waals surface area contributed by atoms with Crippen molar-refractivity contribution in [3.63, 3.8) is 0 Å². The lowest BCUT2D eigenvalue weighted by Gasteiger charge is -2.31. The van der Waals surface area contributed by atoms with Crippen LogP contribution >= 0.6 is 0 Å². The molecule has 1 saturated heterocycles. The van der Waals surface area contributed by atoms with Crippen molar-refractivity contribution in [2.45, 2.75) is 33.2 Å². The van der Waals surface area contributed by atoms with E-state index in [9.17, 15) is 4.79 Å². The lowest BCUT2D eigenvalue weighted by atomic mass is 9.96. The minimum atomic E-state index is 0.0198. The molecule has 7 nitrogen and oxygen atoms in total. The molecule has 0 saturated carbocycles. The van der Waals surface area contributed by atoms with Crippen LogP contribution < -0.4 is 14.2 Å². The summed E-state index contributed by atoms with van der Waals surface area (Å²) >= 11 is 0. The van der Waals surface area contributed by atoms with E-state index in [4.69, 9.17) is 14.2 Å². The number of ether oxygens (including phenoxy) is 3. The number of nitrogens with zero attached hydrogens (tertiary/aromatic N) is 3. The van der Waals surface area contributed by atoms with Crippen LogP contribution in [-0.4, -0.2) is 54.8 Å². The second kappa shape index (κ2) is 10.2. The molecule has 0 aliphatic carbocycles. The molecule has 4 rings (SSSR count). The first kappa shape index (κ1) is 23.7. The zero-order valence-electron chi connectivity index (χ0n) is 20.6. The maximum atomic E-state index is 12.8. The number of amides is 1. The Hall–Kier alpha value is -3.48. The number of hydrogen-bond acceptors (Lipinski definition) is 5. The minimum absolute atomic E-state index is 0.0198. The van der Waals surface area contributed by atoms with Crippen molar-refractivity contribution < 1.29 is 19.0 Å². The van der Waals surface area contributed by atoms with E-state index in [-0.39, 0.29) is 5.91 Å². The third kappa shape index (κ3) is 4.88. The molecule has 0 radical (unpaired) electrons. The number of aryl methyl sites for hydroxylation is 2. The van der Waals surface area contributed by atoms with Crippen LogP contribution in [0, 0.1) is 19.8 Å². The van der Waals surface area contributed by atoms with Crippen LogP contribution in [0.15, 0.2) is 36.7 Å². The Labute approximate surface area is 200 Å². The van der Waals surface area contributed by atoms with Gasteiger partial charge < -0.3 is 23.7 Å². The molecule has 3 aromatic rings. The van der Waals surface area contributed by atoms with E-state index in [1.54, 1.807) is 33.5 Å². The fraction of sp³-hybridized carbons (Fsp3) is 0.407. The Morgan fingerprint density at radius 2 is 1.65 bits per heavy atom. The lowest BCUT2D eigenvalue weighted by molar-refractivity contribution is -0.127. The second-order valence-electron chi connectivity index (χ2n) is 8.88. The zero-order valence-corrected chi connectivity index (χ0v) is 20.6. The Morgan fingerprint density at radius 3 is 2.26 bits per heavy atom. The van der Waals surface area contributed by atoms with E-state index in [0.29, 0.717) is 23.2 Å². The molecule has 1 aliphatic rings. The summed E-state index contributed by atoms with van der Waals surface area (Å²) in [7, 11) is 4.73. The van der Waals surface area contributed by atoms with E-state index in [0.717, 1.165) is 43.6 Å². The number of aromatic nitrogens is 2. The molecule has 0 spiro atoms. The molecule has 7 heteroatoms. The second-order valence-corrected chi connectivity index (χ2v) is 8.88. The first-order valence-electron chi connectivity index (χ1n) is 11.6. The normalized spacial score (nSPS) is 14.7. The van der Waals surface area contributed by atoms with Gasteiger partial charge in [-0.05, 0) is 79.6 Å². The third-order valence-electron chi connectivity index (χ3n) is 6.72. The Kier molecular flexibility index (Phi) is 7.10. The number of benzene rings is 2. The van der Waals surface area contributed by atoms with Gasteiger partial charge in [0, 0.05) is 25.7 Å². The van der Waals surface area contributed by atoms with Crippen LogP contribution in [0.25, 0.3) is 17.1 Å². The summed E-state index contributed by atoms with van der Waals surface area (Å²) in [5.41, 5.74) is 5.61. The number of carbonyl (C=O) groups is 1. The van der Waals surface area contributed by atoms with Gasteiger partial charge in [0.15, 0.2) is 11.5 Å². The summed E-state index contributed by atoms with van der Waals surface area (Å²) in [6.07, 6.45) is 7.32. The molecule has 2 heterocycles. The van der Waals surface area contributed by atoms with Crippen molar-refractivity contribution >= 4 is 23.0 Å². The van der Waals surface area contributed by atoms with Gasteiger partial charge in [0.2, 0.25) is 11.7 Å². The summed E-state index contributed by atoms with van der Waals surface area (Å²) in [5.74, 6) is 2.21. The smallest absolute Gasteiger partial charge is 0.246 e. The standard InChI is InChI=1S/C27H33N3O4/c1-18-12-22-23(13-19(18)2)30(17-28-22)16-20-8-10-29(11-9-20)26(31)7-6-21-14-24(32-3)27(34-5)25(15-21)33-4/h6-7,12-15,17,20H,8-11,16H2,1-5H3/b7-6+. The molecular weight excluding hydrogens is 430 g/mol. The van der Waals surface area contributed by atoms with Crippen LogP contribution in [0.5, 0.6) is 17.2 Å². The maximum absolute atomic E-state index is 12.8. The highest BCUT2D eigenvalue weighted by Gasteiger charge is 2.22. The topological polar surface area (TPSA) is 65.8 Å². The lowest BCUT2D eigenvalue weighted by Crippen LogP contribution is -2.38. The number of likely N-dealkylation sites (tertiary alicyclic amines) is 1. The molecule has 1 fully saturated rings. The van der Waals surface area contributed by atoms with Crippen molar-refractivity contribution in [3.05, 3.63) is 53.4 Å². The molecule has 1 aromatic heterocycles. The van der Waals surface area contributed by atoms with Gasteiger partial charge in [-0.1, -0.05) is 0 Å². The van der Waals surface area contributed by atoms with E-state index in [1.807, 2.05) is 23.4 Å². The number of imidazole rings is 1. The molecule has 0 atom stereocenters. The predicted molar refractivity (Wildman–Crippen MR) is 134 cm³/mol. The maximum Gasteiger partial charge on any atom is 0.246 e. The van der Waals surface area contributed by atoms with Crippen LogP contribution in [0.2, 0.25) is 0 Å². The van der Waals surface area contributed by atoms with Gasteiger partial charge in [0.05, 0.1) is 38.7 Å². The highest BCUT2D eigenvalue weighted by molar-refractivity contribution is 5.92. The summed E-state index contributed by atoms with van der Waals surface area (Å²) in [6, 6.07) is 8.04. The van der Waals surface area contributed by atoms with Crippen molar-refractivity contribution in [1.29, 1.82) is 0 Å². The van der Waals surface area contributed by atoms with Gasteiger partial charge in [-0.3, -0.25) is 4.79 Å². The molecule has 34 heavy (non-hydrogen) atoms. The number of piperidine rings is 1. The molecule has 180 valence electrons. The highest BCUT2D eigenvalue weighted by Crippen LogP contribution is 2.38. The van der Waals surface area contributed by atoms with Crippen LogP contribution in [0.3, 0.4) is 0 Å². The fourth-order valence-corrected chi connectivity index (χ4v) is 4.54. The Balaban J connectivity index is 1.37. The van der Waals surface area contributed by atoms with Gasteiger partial charge in [0.1, 0.15) is 0 Å². The number of hydrogen-bond donors (Lipinski definition) is 0. The van der Waals surface area contributed by atoms with Crippen LogP contribution in [0.1, 0.15) is 29.5 Å².